The summed E-state index contributed by atoms with van der Waals surface area (Å²) in [6, 6.07) is 23.5. The number of aromatic nitrogens is 2. The van der Waals surface area contributed by atoms with Gasteiger partial charge in [-0.2, -0.15) is 0 Å². The van der Waals surface area contributed by atoms with Gasteiger partial charge in [0.2, 0.25) is 0 Å². The van der Waals surface area contributed by atoms with Gasteiger partial charge in [-0.25, -0.2) is 9.97 Å². The molecular formula is C26H28N4O2. The van der Waals surface area contributed by atoms with Crippen molar-refractivity contribution >= 4 is 22.4 Å². The van der Waals surface area contributed by atoms with Crippen molar-refractivity contribution in [2.45, 2.75) is 12.8 Å². The molecule has 0 saturated heterocycles. The molecule has 3 aromatic carbocycles. The SMILES string of the molecule is CN(C)CCCCOc1ccc2c(Nc3ccc(Oc4ccccc4)cc3)ncnc2c1. The van der Waals surface area contributed by atoms with Crippen molar-refractivity contribution in [1.29, 1.82) is 0 Å². The van der Waals surface area contributed by atoms with Crippen LogP contribution in [0.2, 0.25) is 0 Å². The second-order valence-corrected chi connectivity index (χ2v) is 7.82. The summed E-state index contributed by atoms with van der Waals surface area (Å²) in [6.45, 7) is 1.77. The fourth-order valence-electron chi connectivity index (χ4n) is 3.31. The van der Waals surface area contributed by atoms with Crippen molar-refractivity contribution in [3.8, 4) is 17.2 Å². The molecular weight excluding hydrogens is 400 g/mol. The number of rotatable bonds is 10. The fraction of sp³-hybridized carbons (Fsp3) is 0.231. The summed E-state index contributed by atoms with van der Waals surface area (Å²) in [7, 11) is 4.17. The third-order valence-corrected chi connectivity index (χ3v) is 4.97. The number of anilines is 2. The molecule has 0 unspecified atom stereocenters. The lowest BCUT2D eigenvalue weighted by Gasteiger charge is -2.12. The number of fused-ring (bicyclic) bond motifs is 1. The molecule has 1 heterocycles. The van der Waals surface area contributed by atoms with Gasteiger partial charge in [0.1, 0.15) is 29.4 Å². The molecule has 0 atom stereocenters. The van der Waals surface area contributed by atoms with E-state index in [0.717, 1.165) is 59.0 Å². The molecule has 1 N–H and O–H groups in total. The van der Waals surface area contributed by atoms with E-state index >= 15 is 0 Å². The van der Waals surface area contributed by atoms with Crippen molar-refractivity contribution in [3.63, 3.8) is 0 Å². The topological polar surface area (TPSA) is 59.5 Å². The van der Waals surface area contributed by atoms with Crippen molar-refractivity contribution < 1.29 is 9.47 Å². The Balaban J connectivity index is 1.39. The smallest absolute Gasteiger partial charge is 0.141 e. The van der Waals surface area contributed by atoms with Crippen LogP contribution in [-0.4, -0.2) is 42.1 Å². The summed E-state index contributed by atoms with van der Waals surface area (Å²) in [5, 5.41) is 4.32. The third kappa shape index (κ3) is 5.95. The minimum absolute atomic E-state index is 0.701. The van der Waals surface area contributed by atoms with Crippen LogP contribution in [0.3, 0.4) is 0 Å². The zero-order chi connectivity index (χ0) is 22.2. The largest absolute Gasteiger partial charge is 0.494 e. The zero-order valence-corrected chi connectivity index (χ0v) is 18.5. The molecule has 4 rings (SSSR count). The molecule has 0 aliphatic rings. The van der Waals surface area contributed by atoms with Crippen LogP contribution in [0, 0.1) is 0 Å². The van der Waals surface area contributed by atoms with Crippen LogP contribution < -0.4 is 14.8 Å². The minimum Gasteiger partial charge on any atom is -0.494 e. The van der Waals surface area contributed by atoms with Crippen molar-refractivity contribution in [3.05, 3.63) is 79.1 Å². The molecule has 164 valence electrons. The highest BCUT2D eigenvalue weighted by Crippen LogP contribution is 2.28. The third-order valence-electron chi connectivity index (χ3n) is 4.97. The van der Waals surface area contributed by atoms with Crippen molar-refractivity contribution in [2.75, 3.05) is 32.6 Å². The highest BCUT2D eigenvalue weighted by molar-refractivity contribution is 5.91. The number of nitrogens with zero attached hydrogens (tertiary/aromatic N) is 3. The van der Waals surface area contributed by atoms with Crippen LogP contribution in [0.15, 0.2) is 79.1 Å². The fourth-order valence-corrected chi connectivity index (χ4v) is 3.31. The summed E-state index contributed by atoms with van der Waals surface area (Å²) in [4.78, 5) is 11.0. The maximum atomic E-state index is 5.90. The molecule has 1 aromatic heterocycles. The van der Waals surface area contributed by atoms with Crippen LogP contribution in [0.25, 0.3) is 10.9 Å². The van der Waals surface area contributed by atoms with Gasteiger partial charge in [0.25, 0.3) is 0 Å². The second-order valence-electron chi connectivity index (χ2n) is 7.82. The Kier molecular flexibility index (Phi) is 7.15. The summed E-state index contributed by atoms with van der Waals surface area (Å²) >= 11 is 0. The Morgan fingerprint density at radius 1 is 0.812 bits per heavy atom. The highest BCUT2D eigenvalue weighted by Gasteiger charge is 2.07. The van der Waals surface area contributed by atoms with E-state index in [4.69, 9.17) is 9.47 Å². The quantitative estimate of drug-likeness (QED) is 0.318. The van der Waals surface area contributed by atoms with E-state index in [1.807, 2.05) is 72.8 Å². The highest BCUT2D eigenvalue weighted by atomic mass is 16.5. The van der Waals surface area contributed by atoms with Crippen molar-refractivity contribution in [1.82, 2.24) is 14.9 Å². The molecule has 4 aromatic rings. The van der Waals surface area contributed by atoms with Gasteiger partial charge in [0, 0.05) is 17.1 Å². The number of benzene rings is 3. The maximum absolute atomic E-state index is 5.90. The van der Waals surface area contributed by atoms with Gasteiger partial charge in [0.15, 0.2) is 0 Å². The monoisotopic (exact) mass is 428 g/mol. The van der Waals surface area contributed by atoms with Gasteiger partial charge < -0.3 is 19.7 Å². The Bertz CT molecular complexity index is 1130. The molecule has 32 heavy (non-hydrogen) atoms. The number of hydrogen-bond donors (Lipinski definition) is 1. The first-order chi connectivity index (χ1) is 15.7. The first-order valence-electron chi connectivity index (χ1n) is 10.8. The molecule has 0 bridgehead atoms. The van der Waals surface area contributed by atoms with E-state index in [1.165, 1.54) is 0 Å². The predicted octanol–water partition coefficient (Wildman–Crippen LogP) is 5.89. The van der Waals surface area contributed by atoms with Crippen LogP contribution in [0.5, 0.6) is 17.2 Å². The summed E-state index contributed by atoms with van der Waals surface area (Å²) in [5.74, 6) is 3.17. The Morgan fingerprint density at radius 3 is 2.34 bits per heavy atom. The van der Waals surface area contributed by atoms with Gasteiger partial charge in [0.05, 0.1) is 12.1 Å². The van der Waals surface area contributed by atoms with Gasteiger partial charge in [-0.15, -0.1) is 0 Å². The van der Waals surface area contributed by atoms with Gasteiger partial charge in [-0.3, -0.25) is 0 Å². The number of hydrogen-bond acceptors (Lipinski definition) is 6. The van der Waals surface area contributed by atoms with Gasteiger partial charge in [-0.05, 0) is 82.0 Å². The molecule has 0 aliphatic heterocycles. The lowest BCUT2D eigenvalue weighted by atomic mass is 10.2. The molecule has 6 nitrogen and oxygen atoms in total. The molecule has 0 amide bonds. The van der Waals surface area contributed by atoms with Crippen molar-refractivity contribution in [2.24, 2.45) is 0 Å². The lowest BCUT2D eigenvalue weighted by Crippen LogP contribution is -2.13. The minimum atomic E-state index is 0.701. The van der Waals surface area contributed by atoms with Crippen LogP contribution >= 0.6 is 0 Å². The van der Waals surface area contributed by atoms with Gasteiger partial charge in [-0.1, -0.05) is 18.2 Å². The van der Waals surface area contributed by atoms with E-state index < -0.39 is 0 Å². The molecule has 0 spiro atoms. The Hall–Kier alpha value is -3.64. The Labute approximate surface area is 188 Å². The molecule has 0 radical (unpaired) electrons. The molecule has 0 fully saturated rings. The van der Waals surface area contributed by atoms with E-state index in [1.54, 1.807) is 6.33 Å². The lowest BCUT2D eigenvalue weighted by molar-refractivity contribution is 0.293. The Morgan fingerprint density at radius 2 is 1.56 bits per heavy atom. The average molecular weight is 429 g/mol. The average Bonchev–Trinajstić information content (AvgIpc) is 2.81. The maximum Gasteiger partial charge on any atom is 0.141 e. The number of ether oxygens (including phenoxy) is 2. The standard InChI is InChI=1S/C26H28N4O2/c1-30(2)16-6-7-17-31-23-14-15-24-25(18-23)27-19-28-26(24)29-20-10-12-22(13-11-20)32-21-8-4-3-5-9-21/h3-5,8-15,18-19H,6-7,16-17H2,1-2H3,(H,27,28,29). The predicted molar refractivity (Wildman–Crippen MR) is 129 cm³/mol. The molecule has 0 saturated carbocycles. The number of nitrogens with one attached hydrogen (secondary N) is 1. The molecule has 6 heteroatoms. The second kappa shape index (κ2) is 10.6. The van der Waals surface area contributed by atoms with E-state index in [-0.39, 0.29) is 0 Å². The van der Waals surface area contributed by atoms with E-state index in [0.29, 0.717) is 6.61 Å². The number of para-hydroxylation sites is 1. The zero-order valence-electron chi connectivity index (χ0n) is 18.5. The molecule has 0 aliphatic carbocycles. The van der Waals surface area contributed by atoms with Crippen LogP contribution in [-0.2, 0) is 0 Å². The van der Waals surface area contributed by atoms with Crippen LogP contribution in [0.4, 0.5) is 11.5 Å². The normalized spacial score (nSPS) is 11.0. The number of unbranched alkanes of at least 4 members (excludes halogenated alkanes) is 1. The van der Waals surface area contributed by atoms with E-state index in [9.17, 15) is 0 Å². The summed E-state index contributed by atoms with van der Waals surface area (Å²) < 4.78 is 11.8. The van der Waals surface area contributed by atoms with E-state index in [2.05, 4.69) is 34.3 Å². The first-order valence-corrected chi connectivity index (χ1v) is 10.8. The summed E-state index contributed by atoms with van der Waals surface area (Å²) in [5.41, 5.74) is 1.77. The first kappa shape index (κ1) is 21.6. The summed E-state index contributed by atoms with van der Waals surface area (Å²) in [6.07, 6.45) is 3.71. The van der Waals surface area contributed by atoms with Crippen LogP contribution in [0.1, 0.15) is 12.8 Å². The van der Waals surface area contributed by atoms with Gasteiger partial charge >= 0.3 is 0 Å².